The minimum Gasteiger partial charge on any atom is -0.451 e. The zero-order valence-corrected chi connectivity index (χ0v) is 16.0. The van der Waals surface area contributed by atoms with Crippen LogP contribution in [-0.2, 0) is 14.3 Å². The minimum absolute atomic E-state index is 0.147. The molecule has 0 unspecified atom stereocenters. The number of carbonyl (C=O) groups excluding carboxylic acids is 3. The number of ether oxygens (including phenoxy) is 1. The van der Waals surface area contributed by atoms with Gasteiger partial charge in [0.05, 0.1) is 0 Å². The van der Waals surface area contributed by atoms with Crippen LogP contribution in [0.3, 0.4) is 0 Å². The molecule has 1 aromatic carbocycles. The Labute approximate surface area is 160 Å². The van der Waals surface area contributed by atoms with Crippen molar-refractivity contribution in [1.29, 1.82) is 0 Å². The van der Waals surface area contributed by atoms with Crippen molar-refractivity contribution < 1.29 is 19.1 Å². The summed E-state index contributed by atoms with van der Waals surface area (Å²) >= 11 is 0. The first-order chi connectivity index (χ1) is 13.0. The van der Waals surface area contributed by atoms with E-state index in [0.717, 1.165) is 25.7 Å². The van der Waals surface area contributed by atoms with Crippen LogP contribution in [0.1, 0.15) is 52.4 Å². The summed E-state index contributed by atoms with van der Waals surface area (Å²) < 4.78 is 5.20. The molecule has 1 saturated carbocycles. The zero-order chi connectivity index (χ0) is 19.6. The van der Waals surface area contributed by atoms with Crippen molar-refractivity contribution in [3.63, 3.8) is 0 Å². The van der Waals surface area contributed by atoms with Gasteiger partial charge in [0.1, 0.15) is 6.04 Å². The number of benzene rings is 1. The van der Waals surface area contributed by atoms with Crippen molar-refractivity contribution >= 4 is 23.6 Å². The fraction of sp³-hybridized carbons (Fsp3) is 0.550. The molecule has 3 amide bonds. The van der Waals surface area contributed by atoms with E-state index in [-0.39, 0.29) is 11.9 Å². The molecule has 7 nitrogen and oxygen atoms in total. The van der Waals surface area contributed by atoms with Crippen LogP contribution in [0.4, 0.5) is 10.5 Å². The summed E-state index contributed by atoms with van der Waals surface area (Å²) in [4.78, 5) is 36.3. The minimum atomic E-state index is -0.901. The van der Waals surface area contributed by atoms with E-state index in [1.807, 2.05) is 6.07 Å². The van der Waals surface area contributed by atoms with Gasteiger partial charge in [-0.3, -0.25) is 4.79 Å². The summed E-state index contributed by atoms with van der Waals surface area (Å²) in [5.74, 6) is -0.946. The largest absolute Gasteiger partial charge is 0.451 e. The first-order valence-electron chi connectivity index (χ1n) is 9.59. The molecule has 7 heteroatoms. The second kappa shape index (κ2) is 10.5. The normalized spacial score (nSPS) is 17.1. The van der Waals surface area contributed by atoms with Gasteiger partial charge in [0.25, 0.3) is 5.91 Å². The van der Waals surface area contributed by atoms with Crippen molar-refractivity contribution in [3.8, 4) is 0 Å². The Hall–Kier alpha value is -2.57. The molecule has 2 rings (SSSR count). The molecule has 0 aromatic heterocycles. The number of nitrogens with one attached hydrogen (secondary N) is 3. The summed E-state index contributed by atoms with van der Waals surface area (Å²) in [5, 5.41) is 8.09. The monoisotopic (exact) mass is 375 g/mol. The third-order valence-corrected chi connectivity index (χ3v) is 4.60. The quantitative estimate of drug-likeness (QED) is 0.526. The predicted octanol–water partition coefficient (Wildman–Crippen LogP) is 2.97. The second-order valence-electron chi connectivity index (χ2n) is 6.96. The molecule has 0 spiro atoms. The van der Waals surface area contributed by atoms with Crippen LogP contribution in [0.5, 0.6) is 0 Å². The van der Waals surface area contributed by atoms with Crippen LogP contribution >= 0.6 is 0 Å². The average molecular weight is 375 g/mol. The number of urea groups is 1. The van der Waals surface area contributed by atoms with Gasteiger partial charge in [-0.1, -0.05) is 43.9 Å². The number of hydrogen-bond acceptors (Lipinski definition) is 4. The van der Waals surface area contributed by atoms with Gasteiger partial charge < -0.3 is 20.7 Å². The molecule has 1 aliphatic carbocycles. The lowest BCUT2D eigenvalue weighted by Crippen LogP contribution is -2.46. The number of rotatable bonds is 6. The van der Waals surface area contributed by atoms with Crippen LogP contribution in [0.25, 0.3) is 0 Å². The number of amides is 3. The van der Waals surface area contributed by atoms with E-state index in [9.17, 15) is 14.4 Å². The molecule has 2 atom stereocenters. The van der Waals surface area contributed by atoms with Crippen LogP contribution in [0.2, 0.25) is 0 Å². The van der Waals surface area contributed by atoms with E-state index >= 15 is 0 Å². The third-order valence-electron chi connectivity index (χ3n) is 4.60. The Morgan fingerprint density at radius 2 is 1.63 bits per heavy atom. The fourth-order valence-corrected chi connectivity index (χ4v) is 3.02. The number of para-hydroxylation sites is 1. The average Bonchev–Trinajstić information content (AvgIpc) is 2.90. The predicted molar refractivity (Wildman–Crippen MR) is 103 cm³/mol. The maximum Gasteiger partial charge on any atom is 0.329 e. The number of carbonyl (C=O) groups is 3. The Morgan fingerprint density at radius 1 is 1.00 bits per heavy atom. The summed E-state index contributed by atoms with van der Waals surface area (Å²) in [6.45, 7) is 3.06. The summed E-state index contributed by atoms with van der Waals surface area (Å²) in [6.07, 6.45) is 5.64. The summed E-state index contributed by atoms with van der Waals surface area (Å²) in [7, 11) is 0. The second-order valence-corrected chi connectivity index (χ2v) is 6.96. The lowest BCUT2D eigenvalue weighted by atomic mass is 10.1. The van der Waals surface area contributed by atoms with E-state index in [0.29, 0.717) is 5.69 Å². The van der Waals surface area contributed by atoms with E-state index in [1.165, 1.54) is 19.8 Å². The highest BCUT2D eigenvalue weighted by molar-refractivity contribution is 5.93. The smallest absolute Gasteiger partial charge is 0.329 e. The maximum atomic E-state index is 12.3. The van der Waals surface area contributed by atoms with Gasteiger partial charge in [-0.25, -0.2) is 9.59 Å². The van der Waals surface area contributed by atoms with Gasteiger partial charge in [0, 0.05) is 11.7 Å². The van der Waals surface area contributed by atoms with Gasteiger partial charge in [-0.15, -0.1) is 0 Å². The standard InChI is InChI=1S/C20H29N3O4/c1-14(21-20(26)23-17-12-8-5-9-13-17)19(25)27-15(2)18(24)22-16-10-6-3-4-7-11-16/h5,8-9,12-16H,3-4,6-7,10-11H2,1-2H3,(H,22,24)(H2,21,23,26)/t14-,15-/m0/s1. The van der Waals surface area contributed by atoms with Gasteiger partial charge in [-0.05, 0) is 38.8 Å². The molecule has 1 aliphatic rings. The zero-order valence-electron chi connectivity index (χ0n) is 16.0. The van der Waals surface area contributed by atoms with Gasteiger partial charge in [-0.2, -0.15) is 0 Å². The third kappa shape index (κ3) is 7.29. The van der Waals surface area contributed by atoms with Crippen molar-refractivity contribution in [1.82, 2.24) is 10.6 Å². The van der Waals surface area contributed by atoms with E-state index in [4.69, 9.17) is 4.74 Å². The van der Waals surface area contributed by atoms with Crippen molar-refractivity contribution in [3.05, 3.63) is 30.3 Å². The highest BCUT2D eigenvalue weighted by atomic mass is 16.5. The van der Waals surface area contributed by atoms with Crippen LogP contribution in [0.15, 0.2) is 30.3 Å². The van der Waals surface area contributed by atoms with Gasteiger partial charge in [0.15, 0.2) is 6.10 Å². The molecule has 0 radical (unpaired) electrons. The number of esters is 1. The maximum absolute atomic E-state index is 12.3. The van der Waals surface area contributed by atoms with E-state index in [1.54, 1.807) is 31.2 Å². The molecule has 1 fully saturated rings. The molecule has 27 heavy (non-hydrogen) atoms. The molecule has 0 saturated heterocycles. The highest BCUT2D eigenvalue weighted by Gasteiger charge is 2.25. The Balaban J connectivity index is 1.75. The van der Waals surface area contributed by atoms with Gasteiger partial charge >= 0.3 is 12.0 Å². The molecule has 0 heterocycles. The highest BCUT2D eigenvalue weighted by Crippen LogP contribution is 2.17. The fourth-order valence-electron chi connectivity index (χ4n) is 3.02. The summed E-state index contributed by atoms with van der Waals surface area (Å²) in [5.41, 5.74) is 0.617. The molecule has 148 valence electrons. The topological polar surface area (TPSA) is 96.5 Å². The number of hydrogen-bond donors (Lipinski definition) is 3. The summed E-state index contributed by atoms with van der Waals surface area (Å²) in [6, 6.07) is 7.66. The Bertz CT molecular complexity index is 627. The molecular formula is C20H29N3O4. The molecular weight excluding hydrogens is 346 g/mol. The van der Waals surface area contributed by atoms with E-state index < -0.39 is 24.1 Å². The number of anilines is 1. The Morgan fingerprint density at radius 3 is 2.26 bits per heavy atom. The lowest BCUT2D eigenvalue weighted by Gasteiger charge is -2.21. The van der Waals surface area contributed by atoms with Crippen LogP contribution in [0, 0.1) is 0 Å². The van der Waals surface area contributed by atoms with Crippen LogP contribution in [-0.4, -0.2) is 36.1 Å². The van der Waals surface area contributed by atoms with Crippen molar-refractivity contribution in [2.24, 2.45) is 0 Å². The molecule has 1 aromatic rings. The molecule has 0 bridgehead atoms. The van der Waals surface area contributed by atoms with Gasteiger partial charge in [0.2, 0.25) is 0 Å². The Kier molecular flexibility index (Phi) is 8.10. The first kappa shape index (κ1) is 20.7. The van der Waals surface area contributed by atoms with E-state index in [2.05, 4.69) is 16.0 Å². The van der Waals surface area contributed by atoms with Crippen LogP contribution < -0.4 is 16.0 Å². The first-order valence-corrected chi connectivity index (χ1v) is 9.59. The van der Waals surface area contributed by atoms with Crippen molar-refractivity contribution in [2.75, 3.05) is 5.32 Å². The van der Waals surface area contributed by atoms with Crippen molar-refractivity contribution in [2.45, 2.75) is 70.6 Å². The SMILES string of the molecule is C[C@H](NC(=O)Nc1ccccc1)C(=O)O[C@@H](C)C(=O)NC1CCCCCC1. The molecule has 3 N–H and O–H groups in total. The lowest BCUT2D eigenvalue weighted by molar-refractivity contribution is -0.156. The molecule has 0 aliphatic heterocycles.